The molecule has 8 nitrogen and oxygen atoms in total. The third-order valence-corrected chi connectivity index (χ3v) is 5.36. The first-order valence-corrected chi connectivity index (χ1v) is 9.45. The molecule has 28 heavy (non-hydrogen) atoms. The lowest BCUT2D eigenvalue weighted by atomic mass is 10.2. The van der Waals surface area contributed by atoms with Crippen LogP contribution in [0.1, 0.15) is 12.5 Å². The number of ether oxygens (including phenoxy) is 1. The van der Waals surface area contributed by atoms with Crippen LogP contribution in [0, 0.1) is 18.7 Å². The molecule has 2 unspecified atom stereocenters. The number of rotatable bonds is 9. The van der Waals surface area contributed by atoms with Gasteiger partial charge >= 0.3 is 13.6 Å². The number of methoxy groups -OCH3 is 1. The lowest BCUT2D eigenvalue weighted by molar-refractivity contribution is -0.265. The Morgan fingerprint density at radius 3 is 2.21 bits per heavy atom. The lowest BCUT2D eigenvalue weighted by Gasteiger charge is -2.14. The molecule has 0 aliphatic carbocycles. The van der Waals surface area contributed by atoms with E-state index in [1.165, 1.54) is 40.4 Å². The number of nitrogens with one attached hydrogen (secondary N) is 1. The molecule has 0 saturated heterocycles. The van der Waals surface area contributed by atoms with E-state index in [4.69, 9.17) is 4.89 Å². The zero-order chi connectivity index (χ0) is 21.7. The van der Waals surface area contributed by atoms with Crippen LogP contribution in [0.25, 0.3) is 6.08 Å². The Bertz CT molecular complexity index is 672. The number of esters is 1. The molecule has 0 radical (unpaired) electrons. The van der Waals surface area contributed by atoms with Crippen molar-refractivity contribution in [1.82, 2.24) is 5.32 Å². The fourth-order valence-corrected chi connectivity index (χ4v) is 2.80. The first kappa shape index (κ1) is 26.0. The molecule has 0 bridgehead atoms. The summed E-state index contributed by atoms with van der Waals surface area (Å²) in [6.07, 6.45) is 1.57. The van der Waals surface area contributed by atoms with Crippen LogP contribution in [0.15, 0.2) is 23.9 Å². The molecule has 158 valence electrons. The number of hydrogen-bond acceptors (Lipinski definition) is 8. The molecule has 0 fully saturated rings. The highest BCUT2D eigenvalue weighted by atomic mass is 31.2. The van der Waals surface area contributed by atoms with Crippen LogP contribution < -0.4 is 5.32 Å². The van der Waals surface area contributed by atoms with Gasteiger partial charge < -0.3 is 14.6 Å². The first-order valence-electron chi connectivity index (χ1n) is 7.84. The van der Waals surface area contributed by atoms with E-state index in [-0.39, 0.29) is 6.61 Å². The molecule has 11 heteroatoms. The summed E-state index contributed by atoms with van der Waals surface area (Å²) in [5.41, 5.74) is 0.110. The fourth-order valence-electron chi connectivity index (χ4n) is 1.79. The molecule has 0 aromatic heterocycles. The molecule has 0 heterocycles. The summed E-state index contributed by atoms with van der Waals surface area (Å²) in [5, 5.41) is 2.84. The van der Waals surface area contributed by atoms with Gasteiger partial charge in [-0.15, -0.1) is 4.52 Å². The third kappa shape index (κ3) is 8.81. The third-order valence-electron chi connectivity index (χ3n) is 3.33. The van der Waals surface area contributed by atoms with Gasteiger partial charge in [-0.2, -0.15) is 0 Å². The maximum atomic E-state index is 12.9. The minimum absolute atomic E-state index is 0.172. The van der Waals surface area contributed by atoms with Crippen LogP contribution in [0.5, 0.6) is 0 Å². The van der Waals surface area contributed by atoms with Gasteiger partial charge in [0.05, 0.1) is 14.2 Å². The van der Waals surface area contributed by atoms with Crippen LogP contribution >= 0.6 is 7.60 Å². The minimum atomic E-state index is -3.43. The van der Waals surface area contributed by atoms with E-state index >= 15 is 0 Å². The quantitative estimate of drug-likeness (QED) is 0.212. The highest BCUT2D eigenvalue weighted by Crippen LogP contribution is 2.52. The van der Waals surface area contributed by atoms with Gasteiger partial charge in [0.15, 0.2) is 5.66 Å². The topological polar surface area (TPSA) is 92.3 Å². The summed E-state index contributed by atoms with van der Waals surface area (Å²) in [6, 6.07) is 3.28. The fraction of sp³-hybridized carbons (Fsp3) is 0.412. The van der Waals surface area contributed by atoms with E-state index in [1.54, 1.807) is 13.1 Å². The van der Waals surface area contributed by atoms with Gasteiger partial charge in [-0.3, -0.25) is 9.36 Å². The Balaban J connectivity index is 0.000000546. The van der Waals surface area contributed by atoms with Gasteiger partial charge in [-0.25, -0.2) is 18.6 Å². The van der Waals surface area contributed by atoms with Gasteiger partial charge in [0.2, 0.25) is 7.11 Å². The molecule has 0 amide bonds. The van der Waals surface area contributed by atoms with E-state index in [2.05, 4.69) is 31.1 Å². The SMILES string of the molecule is CN/C(=C\c1cc(F)cc(F)c1)COOC.[CH2+]OP(=O)(OC)C(C)C(=O)OC. The molecule has 1 N–H and O–H groups in total. The van der Waals surface area contributed by atoms with Crippen molar-refractivity contribution < 1.29 is 41.7 Å². The van der Waals surface area contributed by atoms with Crippen molar-refractivity contribution in [2.45, 2.75) is 12.6 Å². The maximum absolute atomic E-state index is 12.9. The average molecular weight is 424 g/mol. The number of hydrogen-bond donors (Lipinski definition) is 1. The smallest absolute Gasteiger partial charge is 0.386 e. The Hall–Kier alpha value is -1.97. The molecule has 2 atom stereocenters. The van der Waals surface area contributed by atoms with Crippen LogP contribution in [0.2, 0.25) is 0 Å². The monoisotopic (exact) mass is 424 g/mol. The van der Waals surface area contributed by atoms with Gasteiger partial charge in [0.1, 0.15) is 18.2 Å². The number of benzene rings is 1. The summed E-state index contributed by atoms with van der Waals surface area (Å²) >= 11 is 0. The largest absolute Gasteiger partial charge is 0.468 e. The standard InChI is InChI=1S/C11H13F2NO2.C6H12O5P/c1-14-11(7-16-15-2)5-8-3-9(12)6-10(13)4-8;1-5(6(7)9-2)12(8,10-3)11-4/h3-6,14H,7H2,1-2H3;5H,3H2,1-2,4H3/q;+1/b11-5-;. The predicted molar refractivity (Wildman–Crippen MR) is 98.9 cm³/mol. The molecular weight excluding hydrogens is 399 g/mol. The lowest BCUT2D eigenvalue weighted by Crippen LogP contribution is -2.20. The van der Waals surface area contributed by atoms with Crippen LogP contribution in [-0.4, -0.2) is 46.6 Å². The van der Waals surface area contributed by atoms with E-state index in [9.17, 15) is 18.1 Å². The van der Waals surface area contributed by atoms with Crippen LogP contribution in [0.4, 0.5) is 8.78 Å². The Morgan fingerprint density at radius 2 is 1.82 bits per heavy atom. The second kappa shape index (κ2) is 13.2. The van der Waals surface area contributed by atoms with Gasteiger partial charge in [0.25, 0.3) is 0 Å². The Kier molecular flexibility index (Phi) is 12.3. The molecular formula is C17H25F2NO7P+. The summed E-state index contributed by atoms with van der Waals surface area (Å²) in [5.74, 6) is -1.88. The van der Waals surface area contributed by atoms with Gasteiger partial charge in [0, 0.05) is 25.9 Å². The van der Waals surface area contributed by atoms with Crippen LogP contribution in [0.3, 0.4) is 0 Å². The van der Waals surface area contributed by atoms with E-state index in [0.29, 0.717) is 11.3 Å². The normalized spacial score (nSPS) is 14.3. The van der Waals surface area contributed by atoms with Crippen molar-refractivity contribution in [2.75, 3.05) is 35.0 Å². The van der Waals surface area contributed by atoms with E-state index in [0.717, 1.165) is 6.07 Å². The highest BCUT2D eigenvalue weighted by Gasteiger charge is 2.39. The van der Waals surface area contributed by atoms with Crippen molar-refractivity contribution in [1.29, 1.82) is 0 Å². The van der Waals surface area contributed by atoms with Crippen LogP contribution in [-0.2, 0) is 32.9 Å². The Morgan fingerprint density at radius 1 is 1.25 bits per heavy atom. The van der Waals surface area contributed by atoms with Crippen molar-refractivity contribution in [3.8, 4) is 0 Å². The van der Waals surface area contributed by atoms with Gasteiger partial charge in [-0.1, -0.05) is 0 Å². The molecule has 0 aliphatic heterocycles. The highest BCUT2D eigenvalue weighted by molar-refractivity contribution is 7.55. The minimum Gasteiger partial charge on any atom is -0.468 e. The first-order chi connectivity index (χ1) is 13.2. The molecule has 1 rings (SSSR count). The molecule has 1 aromatic rings. The number of carbonyl (C=O) groups excluding carboxylic acids is 1. The van der Waals surface area contributed by atoms with Crippen molar-refractivity contribution in [2.24, 2.45) is 0 Å². The summed E-state index contributed by atoms with van der Waals surface area (Å²) < 4.78 is 50.5. The van der Waals surface area contributed by atoms with E-state index in [1.807, 2.05) is 0 Å². The zero-order valence-electron chi connectivity index (χ0n) is 16.4. The molecule has 0 saturated carbocycles. The van der Waals surface area contributed by atoms with E-state index < -0.39 is 30.9 Å². The Labute approximate surface area is 163 Å². The summed E-state index contributed by atoms with van der Waals surface area (Å²) in [7, 11) is 4.99. The molecule has 0 spiro atoms. The zero-order valence-corrected chi connectivity index (χ0v) is 17.3. The maximum Gasteiger partial charge on any atom is 0.386 e. The second-order valence-corrected chi connectivity index (χ2v) is 7.58. The summed E-state index contributed by atoms with van der Waals surface area (Å²) in [6.45, 7) is 1.56. The molecule has 0 aliphatic rings. The van der Waals surface area contributed by atoms with Crippen molar-refractivity contribution in [3.05, 3.63) is 48.2 Å². The molecule has 1 aromatic carbocycles. The number of halogens is 2. The number of likely N-dealkylation sites (N-methyl/N-ethyl adjacent to an activating group) is 1. The van der Waals surface area contributed by atoms with Crippen molar-refractivity contribution in [3.63, 3.8) is 0 Å². The second-order valence-electron chi connectivity index (χ2n) is 5.10. The average Bonchev–Trinajstić information content (AvgIpc) is 2.68. The van der Waals surface area contributed by atoms with Gasteiger partial charge in [-0.05, 0) is 30.7 Å². The number of carbonyl (C=O) groups is 1. The summed E-state index contributed by atoms with van der Waals surface area (Å²) in [4.78, 5) is 20.0. The van der Waals surface area contributed by atoms with Crippen molar-refractivity contribution >= 4 is 19.6 Å². The predicted octanol–water partition coefficient (Wildman–Crippen LogP) is 3.30.